The Labute approximate surface area is 180 Å². The molecule has 0 saturated carbocycles. The van der Waals surface area contributed by atoms with Crippen molar-refractivity contribution in [3.63, 3.8) is 0 Å². The van der Waals surface area contributed by atoms with Crippen LogP contribution in [0.3, 0.4) is 0 Å². The molecule has 0 spiro atoms. The van der Waals surface area contributed by atoms with Crippen LogP contribution < -0.4 is 10.1 Å². The lowest BCUT2D eigenvalue weighted by Gasteiger charge is -2.09. The van der Waals surface area contributed by atoms with E-state index in [2.05, 4.69) is 21.2 Å². The molecule has 7 heteroatoms. The highest BCUT2D eigenvalue weighted by molar-refractivity contribution is 9.10. The molecular formula is C23H17BrFNO4. The zero-order valence-corrected chi connectivity index (χ0v) is 17.2. The van der Waals surface area contributed by atoms with Gasteiger partial charge in [-0.3, -0.25) is 4.79 Å². The molecule has 5 nitrogen and oxygen atoms in total. The molecule has 0 radical (unpaired) electrons. The number of hydrogen-bond donors (Lipinski definition) is 2. The minimum Gasteiger partial charge on any atom is -0.477 e. The molecule has 152 valence electrons. The number of nitrogens with one attached hydrogen (secondary N) is 1. The van der Waals surface area contributed by atoms with E-state index in [0.29, 0.717) is 22.6 Å². The average molecular weight is 470 g/mol. The Morgan fingerprint density at radius 1 is 1.00 bits per heavy atom. The minimum absolute atomic E-state index is 0.0658. The molecule has 0 heterocycles. The standard InChI is InChI=1S/C23H17BrFNO4/c24-19-3-1-2-4-21(19)30-18-11-7-15(8-12-18)13-20(23(28)29)26-22(27)14-16-5-9-17(25)10-6-16/h1-13H,14H2,(H,26,27)(H,28,29)/b20-13-. The molecule has 0 unspecified atom stereocenters. The third-order valence-electron chi connectivity index (χ3n) is 4.04. The van der Waals surface area contributed by atoms with Gasteiger partial charge in [-0.15, -0.1) is 0 Å². The number of para-hydroxylation sites is 1. The van der Waals surface area contributed by atoms with Crippen molar-refractivity contribution < 1.29 is 23.8 Å². The summed E-state index contributed by atoms with van der Waals surface area (Å²) in [4.78, 5) is 23.7. The van der Waals surface area contributed by atoms with Crippen molar-refractivity contribution in [2.24, 2.45) is 0 Å². The van der Waals surface area contributed by atoms with Crippen molar-refractivity contribution in [1.82, 2.24) is 5.32 Å². The van der Waals surface area contributed by atoms with Crippen LogP contribution in [0.4, 0.5) is 4.39 Å². The van der Waals surface area contributed by atoms with Crippen molar-refractivity contribution in [3.05, 3.63) is 99.9 Å². The van der Waals surface area contributed by atoms with Gasteiger partial charge in [0.05, 0.1) is 10.9 Å². The number of aliphatic carboxylic acids is 1. The molecule has 0 saturated heterocycles. The summed E-state index contributed by atoms with van der Waals surface area (Å²) in [6.45, 7) is 0. The van der Waals surface area contributed by atoms with E-state index in [1.807, 2.05) is 24.3 Å². The third-order valence-corrected chi connectivity index (χ3v) is 4.69. The van der Waals surface area contributed by atoms with Gasteiger partial charge in [-0.25, -0.2) is 9.18 Å². The second kappa shape index (κ2) is 9.84. The van der Waals surface area contributed by atoms with Gasteiger partial charge in [0.15, 0.2) is 0 Å². The fourth-order valence-electron chi connectivity index (χ4n) is 2.59. The van der Waals surface area contributed by atoms with E-state index in [9.17, 15) is 19.1 Å². The number of amides is 1. The summed E-state index contributed by atoms with van der Waals surface area (Å²) >= 11 is 3.41. The van der Waals surface area contributed by atoms with Crippen LogP contribution in [0.25, 0.3) is 6.08 Å². The number of carboxylic acids is 1. The minimum atomic E-state index is -1.27. The fraction of sp³-hybridized carbons (Fsp3) is 0.0435. The van der Waals surface area contributed by atoms with Crippen molar-refractivity contribution in [2.45, 2.75) is 6.42 Å². The number of benzene rings is 3. The third kappa shape index (κ3) is 6.02. The van der Waals surface area contributed by atoms with E-state index in [4.69, 9.17) is 4.74 Å². The Morgan fingerprint density at radius 3 is 2.30 bits per heavy atom. The summed E-state index contributed by atoms with van der Waals surface area (Å²) in [6, 6.07) is 19.6. The quantitative estimate of drug-likeness (QED) is 0.468. The second-order valence-corrected chi connectivity index (χ2v) is 7.17. The summed E-state index contributed by atoms with van der Waals surface area (Å²) < 4.78 is 19.5. The number of carbonyl (C=O) groups is 2. The number of ether oxygens (including phenoxy) is 1. The number of carbonyl (C=O) groups excluding carboxylic acids is 1. The van der Waals surface area contributed by atoms with Gasteiger partial charge in [0.1, 0.15) is 23.0 Å². The summed E-state index contributed by atoms with van der Waals surface area (Å²) in [5.41, 5.74) is 0.891. The molecule has 0 bridgehead atoms. The molecule has 0 aromatic heterocycles. The van der Waals surface area contributed by atoms with E-state index < -0.39 is 17.7 Å². The highest BCUT2D eigenvalue weighted by atomic mass is 79.9. The van der Waals surface area contributed by atoms with Gasteiger partial charge >= 0.3 is 5.97 Å². The highest BCUT2D eigenvalue weighted by Crippen LogP contribution is 2.29. The van der Waals surface area contributed by atoms with Crippen LogP contribution in [0.5, 0.6) is 11.5 Å². The number of rotatable bonds is 7. The average Bonchev–Trinajstić information content (AvgIpc) is 2.72. The van der Waals surface area contributed by atoms with Crippen LogP contribution in [-0.2, 0) is 16.0 Å². The zero-order chi connectivity index (χ0) is 21.5. The van der Waals surface area contributed by atoms with Crippen molar-refractivity contribution >= 4 is 33.9 Å². The Hall–Kier alpha value is -3.45. The largest absolute Gasteiger partial charge is 0.477 e. The van der Waals surface area contributed by atoms with E-state index in [0.717, 1.165) is 4.47 Å². The van der Waals surface area contributed by atoms with Crippen LogP contribution in [0.15, 0.2) is 83.0 Å². The SMILES string of the molecule is O=C(Cc1ccc(F)cc1)N/C(=C\c1ccc(Oc2ccccc2Br)cc1)C(=O)O. The Morgan fingerprint density at radius 2 is 1.67 bits per heavy atom. The van der Waals surface area contributed by atoms with Crippen LogP contribution in [0.1, 0.15) is 11.1 Å². The van der Waals surface area contributed by atoms with Crippen LogP contribution in [0.2, 0.25) is 0 Å². The summed E-state index contributed by atoms with van der Waals surface area (Å²) in [6.07, 6.45) is 1.29. The summed E-state index contributed by atoms with van der Waals surface area (Å²) in [7, 11) is 0. The molecule has 1 amide bonds. The highest BCUT2D eigenvalue weighted by Gasteiger charge is 2.12. The lowest BCUT2D eigenvalue weighted by molar-refractivity contribution is -0.134. The molecule has 0 aliphatic heterocycles. The van der Waals surface area contributed by atoms with Gasteiger partial charge in [-0.05, 0) is 69.5 Å². The van der Waals surface area contributed by atoms with Crippen molar-refractivity contribution in [3.8, 4) is 11.5 Å². The van der Waals surface area contributed by atoms with Gasteiger partial charge in [0.2, 0.25) is 5.91 Å². The van der Waals surface area contributed by atoms with Crippen LogP contribution in [0, 0.1) is 5.82 Å². The molecule has 0 fully saturated rings. The Kier molecular flexibility index (Phi) is 6.98. The number of carboxylic acid groups (broad SMARTS) is 1. The lowest BCUT2D eigenvalue weighted by Crippen LogP contribution is -2.28. The smallest absolute Gasteiger partial charge is 0.352 e. The predicted molar refractivity (Wildman–Crippen MR) is 115 cm³/mol. The Bertz CT molecular complexity index is 1080. The van der Waals surface area contributed by atoms with E-state index in [1.54, 1.807) is 24.3 Å². The molecule has 0 aliphatic rings. The molecule has 0 atom stereocenters. The first kappa shape index (κ1) is 21.3. The van der Waals surface area contributed by atoms with Crippen LogP contribution in [-0.4, -0.2) is 17.0 Å². The van der Waals surface area contributed by atoms with Gasteiger partial charge < -0.3 is 15.2 Å². The van der Waals surface area contributed by atoms with Gasteiger partial charge in [0.25, 0.3) is 0 Å². The van der Waals surface area contributed by atoms with Gasteiger partial charge in [-0.1, -0.05) is 36.4 Å². The fourth-order valence-corrected chi connectivity index (χ4v) is 2.95. The normalized spacial score (nSPS) is 11.1. The lowest BCUT2D eigenvalue weighted by atomic mass is 10.1. The monoisotopic (exact) mass is 469 g/mol. The summed E-state index contributed by atoms with van der Waals surface area (Å²) in [5, 5.41) is 11.8. The molecule has 2 N–H and O–H groups in total. The van der Waals surface area contributed by atoms with Crippen LogP contribution >= 0.6 is 15.9 Å². The number of halogens is 2. The van der Waals surface area contributed by atoms with E-state index in [1.165, 1.54) is 30.3 Å². The Balaban J connectivity index is 1.68. The molecule has 0 aliphatic carbocycles. The maximum absolute atomic E-state index is 13.0. The van der Waals surface area contributed by atoms with Crippen molar-refractivity contribution in [2.75, 3.05) is 0 Å². The zero-order valence-electron chi connectivity index (χ0n) is 15.6. The molecular weight excluding hydrogens is 453 g/mol. The second-order valence-electron chi connectivity index (χ2n) is 6.32. The van der Waals surface area contributed by atoms with Gasteiger partial charge in [-0.2, -0.15) is 0 Å². The summed E-state index contributed by atoms with van der Waals surface area (Å²) in [5.74, 6) is -0.950. The van der Waals surface area contributed by atoms with Gasteiger partial charge in [0, 0.05) is 0 Å². The molecule has 3 aromatic rings. The maximum Gasteiger partial charge on any atom is 0.352 e. The molecule has 3 aromatic carbocycles. The molecule has 3 rings (SSSR count). The first-order valence-electron chi connectivity index (χ1n) is 8.92. The first-order chi connectivity index (χ1) is 14.4. The first-order valence-corrected chi connectivity index (χ1v) is 9.72. The maximum atomic E-state index is 13.0. The number of hydrogen-bond acceptors (Lipinski definition) is 3. The molecule has 30 heavy (non-hydrogen) atoms. The predicted octanol–water partition coefficient (Wildman–Crippen LogP) is 5.16. The topological polar surface area (TPSA) is 75.6 Å². The van der Waals surface area contributed by atoms with E-state index in [-0.39, 0.29) is 12.1 Å². The van der Waals surface area contributed by atoms with E-state index >= 15 is 0 Å². The van der Waals surface area contributed by atoms with Crippen molar-refractivity contribution in [1.29, 1.82) is 0 Å².